The summed E-state index contributed by atoms with van der Waals surface area (Å²) in [6.45, 7) is 6.47. The minimum atomic E-state index is -3.95. The highest BCUT2D eigenvalue weighted by atomic mass is 32.2. The highest BCUT2D eigenvalue weighted by Gasteiger charge is 2.33. The molecule has 0 spiro atoms. The molecule has 0 heterocycles. The van der Waals surface area contributed by atoms with E-state index in [1.807, 2.05) is 0 Å². The number of rotatable bonds is 9. The van der Waals surface area contributed by atoms with Crippen LogP contribution >= 0.6 is 0 Å². The van der Waals surface area contributed by atoms with Gasteiger partial charge in [-0.25, -0.2) is 17.2 Å². The number of amides is 2. The number of hydrogen-bond donors (Lipinski definition) is 1. The van der Waals surface area contributed by atoms with Crippen LogP contribution in [0, 0.1) is 11.6 Å². The second kappa shape index (κ2) is 10.9. The fraction of sp³-hybridized carbons (Fsp3) is 0.417. The van der Waals surface area contributed by atoms with Crippen molar-refractivity contribution in [3.8, 4) is 0 Å². The van der Waals surface area contributed by atoms with Crippen LogP contribution in [-0.2, 0) is 26.2 Å². The van der Waals surface area contributed by atoms with Crippen molar-refractivity contribution in [1.82, 2.24) is 10.2 Å². The van der Waals surface area contributed by atoms with Gasteiger partial charge in [-0.3, -0.25) is 13.9 Å². The summed E-state index contributed by atoms with van der Waals surface area (Å²) in [6, 6.07) is 9.45. The molecule has 0 aliphatic rings. The topological polar surface area (TPSA) is 86.8 Å². The summed E-state index contributed by atoms with van der Waals surface area (Å²) in [5.41, 5.74) is -0.00618. The van der Waals surface area contributed by atoms with Gasteiger partial charge >= 0.3 is 0 Å². The molecule has 2 rings (SSSR count). The SMILES string of the molecule is CC[C@H](C(=O)NC(C)(C)C)N(Cc1ccc(F)cc1)C(=O)CN(c1cccc(F)c1)S(C)(=O)=O. The molecule has 0 saturated heterocycles. The van der Waals surface area contributed by atoms with E-state index in [4.69, 9.17) is 0 Å². The molecule has 2 amide bonds. The van der Waals surface area contributed by atoms with Gasteiger partial charge in [0.1, 0.15) is 24.2 Å². The maximum absolute atomic E-state index is 13.8. The van der Waals surface area contributed by atoms with Gasteiger partial charge in [0.15, 0.2) is 0 Å². The first-order valence-electron chi connectivity index (χ1n) is 10.8. The zero-order valence-corrected chi connectivity index (χ0v) is 20.8. The van der Waals surface area contributed by atoms with E-state index in [0.29, 0.717) is 5.56 Å². The van der Waals surface area contributed by atoms with Crippen LogP contribution in [0.1, 0.15) is 39.7 Å². The molecule has 0 aliphatic carbocycles. The number of nitrogens with one attached hydrogen (secondary N) is 1. The molecule has 0 fully saturated rings. The minimum absolute atomic E-state index is 0.00947. The van der Waals surface area contributed by atoms with E-state index in [-0.39, 0.29) is 18.7 Å². The van der Waals surface area contributed by atoms with Crippen molar-refractivity contribution in [2.24, 2.45) is 0 Å². The van der Waals surface area contributed by atoms with Crippen LogP contribution in [0.2, 0.25) is 0 Å². The fourth-order valence-corrected chi connectivity index (χ4v) is 4.25. The maximum Gasteiger partial charge on any atom is 0.244 e. The van der Waals surface area contributed by atoms with Gasteiger partial charge in [0, 0.05) is 12.1 Å². The number of sulfonamides is 1. The van der Waals surface area contributed by atoms with Crippen molar-refractivity contribution in [3.63, 3.8) is 0 Å². The van der Waals surface area contributed by atoms with Crippen LogP contribution in [0.25, 0.3) is 0 Å². The third-order valence-corrected chi connectivity index (χ3v) is 6.07. The third-order valence-electron chi connectivity index (χ3n) is 4.93. The summed E-state index contributed by atoms with van der Waals surface area (Å²) >= 11 is 0. The quantitative estimate of drug-likeness (QED) is 0.577. The highest BCUT2D eigenvalue weighted by molar-refractivity contribution is 7.92. The zero-order valence-electron chi connectivity index (χ0n) is 20.0. The number of hydrogen-bond acceptors (Lipinski definition) is 4. The van der Waals surface area contributed by atoms with Gasteiger partial charge in [-0.2, -0.15) is 0 Å². The molecule has 1 atom stereocenters. The molecule has 2 aromatic carbocycles. The zero-order chi connectivity index (χ0) is 25.7. The Labute approximate surface area is 199 Å². The van der Waals surface area contributed by atoms with Crippen molar-refractivity contribution < 1.29 is 26.8 Å². The van der Waals surface area contributed by atoms with E-state index in [1.54, 1.807) is 27.7 Å². The smallest absolute Gasteiger partial charge is 0.244 e. The van der Waals surface area contributed by atoms with Crippen LogP contribution in [0.3, 0.4) is 0 Å². The minimum Gasteiger partial charge on any atom is -0.350 e. The van der Waals surface area contributed by atoms with Gasteiger partial charge in [-0.15, -0.1) is 0 Å². The summed E-state index contributed by atoms with van der Waals surface area (Å²) in [4.78, 5) is 27.8. The summed E-state index contributed by atoms with van der Waals surface area (Å²) in [7, 11) is -3.95. The lowest BCUT2D eigenvalue weighted by atomic mass is 10.1. The molecule has 0 bridgehead atoms. The van der Waals surface area contributed by atoms with Gasteiger partial charge in [-0.1, -0.05) is 25.1 Å². The number of benzene rings is 2. The Morgan fingerprint density at radius 2 is 1.65 bits per heavy atom. The van der Waals surface area contributed by atoms with Crippen LogP contribution < -0.4 is 9.62 Å². The second-order valence-corrected chi connectivity index (χ2v) is 11.0. The Morgan fingerprint density at radius 3 is 2.15 bits per heavy atom. The summed E-state index contributed by atoms with van der Waals surface area (Å²) in [5.74, 6) is -2.16. The predicted octanol–water partition coefficient (Wildman–Crippen LogP) is 3.45. The van der Waals surface area contributed by atoms with Crippen molar-refractivity contribution >= 4 is 27.5 Å². The van der Waals surface area contributed by atoms with Gasteiger partial charge in [0.25, 0.3) is 0 Å². The average Bonchev–Trinajstić information content (AvgIpc) is 2.71. The number of carbonyl (C=O) groups is 2. The Hall–Kier alpha value is -3.01. The molecule has 2 aromatic rings. The summed E-state index contributed by atoms with van der Waals surface area (Å²) in [6.07, 6.45) is 1.17. The Bertz CT molecular complexity index is 1120. The van der Waals surface area contributed by atoms with Crippen LogP contribution in [0.4, 0.5) is 14.5 Å². The van der Waals surface area contributed by atoms with E-state index in [2.05, 4.69) is 5.32 Å². The first-order chi connectivity index (χ1) is 15.7. The number of anilines is 1. The molecule has 34 heavy (non-hydrogen) atoms. The molecule has 1 N–H and O–H groups in total. The fourth-order valence-electron chi connectivity index (χ4n) is 3.40. The third kappa shape index (κ3) is 7.79. The van der Waals surface area contributed by atoms with Crippen molar-refractivity contribution in [2.75, 3.05) is 17.1 Å². The van der Waals surface area contributed by atoms with Crippen molar-refractivity contribution in [1.29, 1.82) is 0 Å². The van der Waals surface area contributed by atoms with Gasteiger partial charge < -0.3 is 10.2 Å². The Balaban J connectivity index is 2.45. The van der Waals surface area contributed by atoms with Crippen molar-refractivity contribution in [3.05, 3.63) is 65.7 Å². The first kappa shape index (κ1) is 27.2. The Morgan fingerprint density at radius 1 is 1.03 bits per heavy atom. The maximum atomic E-state index is 13.8. The Kier molecular flexibility index (Phi) is 8.77. The first-order valence-corrected chi connectivity index (χ1v) is 12.7. The lowest BCUT2D eigenvalue weighted by molar-refractivity contribution is -0.141. The molecule has 0 unspecified atom stereocenters. The van der Waals surface area contributed by atoms with E-state index in [0.717, 1.165) is 22.7 Å². The number of carbonyl (C=O) groups excluding carboxylic acids is 2. The molecule has 7 nitrogen and oxygen atoms in total. The molecule has 0 aliphatic heterocycles. The summed E-state index contributed by atoms with van der Waals surface area (Å²) < 4.78 is 52.9. The van der Waals surface area contributed by atoms with Crippen LogP contribution in [0.15, 0.2) is 48.5 Å². The molecule has 0 saturated carbocycles. The molecular weight excluding hydrogens is 464 g/mol. The van der Waals surface area contributed by atoms with E-state index >= 15 is 0 Å². The highest BCUT2D eigenvalue weighted by Crippen LogP contribution is 2.21. The van der Waals surface area contributed by atoms with E-state index in [1.165, 1.54) is 41.3 Å². The lowest BCUT2D eigenvalue weighted by Gasteiger charge is -2.34. The molecule has 10 heteroatoms. The summed E-state index contributed by atoms with van der Waals surface area (Å²) in [5, 5.41) is 2.85. The molecule has 0 radical (unpaired) electrons. The van der Waals surface area contributed by atoms with E-state index < -0.39 is 51.6 Å². The number of halogens is 2. The van der Waals surface area contributed by atoms with Crippen LogP contribution in [-0.4, -0.2) is 49.5 Å². The predicted molar refractivity (Wildman–Crippen MR) is 128 cm³/mol. The monoisotopic (exact) mass is 495 g/mol. The van der Waals surface area contributed by atoms with Crippen LogP contribution in [0.5, 0.6) is 0 Å². The largest absolute Gasteiger partial charge is 0.350 e. The molecule has 0 aromatic heterocycles. The second-order valence-electron chi connectivity index (χ2n) is 9.06. The lowest BCUT2D eigenvalue weighted by Crippen LogP contribution is -2.55. The normalized spacial score (nSPS) is 12.7. The van der Waals surface area contributed by atoms with Gasteiger partial charge in [-0.05, 0) is 63.1 Å². The van der Waals surface area contributed by atoms with Gasteiger partial charge in [0.05, 0.1) is 11.9 Å². The standard InChI is InChI=1S/C24H31F2N3O4S/c1-6-21(23(31)27-24(2,3)4)28(15-17-10-12-18(25)13-11-17)22(30)16-29(34(5,32)33)20-9-7-8-19(26)14-20/h7-14,21H,6,15-16H2,1-5H3,(H,27,31)/t21-/m1/s1. The average molecular weight is 496 g/mol. The van der Waals surface area contributed by atoms with E-state index in [9.17, 15) is 26.8 Å². The molecular formula is C24H31F2N3O4S. The number of nitrogens with zero attached hydrogens (tertiary/aromatic N) is 2. The van der Waals surface area contributed by atoms with Gasteiger partial charge in [0.2, 0.25) is 21.8 Å². The van der Waals surface area contributed by atoms with Crippen molar-refractivity contribution in [2.45, 2.75) is 52.2 Å². The molecule has 186 valence electrons.